The number of nitrogens with zero attached hydrogens (tertiary/aromatic N) is 2. The van der Waals surface area contributed by atoms with E-state index in [0.29, 0.717) is 6.10 Å². The van der Waals surface area contributed by atoms with Crippen LogP contribution in [-0.4, -0.2) is 73.0 Å². The van der Waals surface area contributed by atoms with E-state index in [0.717, 1.165) is 44.9 Å². The summed E-state index contributed by atoms with van der Waals surface area (Å²) in [6.07, 6.45) is 5.97. The van der Waals surface area contributed by atoms with E-state index in [9.17, 15) is 5.11 Å². The van der Waals surface area contributed by atoms with Crippen molar-refractivity contribution in [1.82, 2.24) is 9.80 Å². The summed E-state index contributed by atoms with van der Waals surface area (Å²) in [7, 11) is 0. The number of likely N-dealkylation sites (tertiary alicyclic amines) is 2. The van der Waals surface area contributed by atoms with E-state index in [-0.39, 0.29) is 11.5 Å². The Morgan fingerprint density at radius 3 is 2.18 bits per heavy atom. The van der Waals surface area contributed by atoms with Crippen molar-refractivity contribution in [1.29, 1.82) is 0 Å². The molecule has 2 saturated heterocycles. The highest BCUT2D eigenvalue weighted by molar-refractivity contribution is 5.06. The first kappa shape index (κ1) is 16.7. The molecule has 3 rings (SSSR count). The topological polar surface area (TPSA) is 35.9 Å². The summed E-state index contributed by atoms with van der Waals surface area (Å²) in [5.74, 6) is 0.918. The molecular formula is C18H34N2O2. The summed E-state index contributed by atoms with van der Waals surface area (Å²) < 4.78 is 5.86. The molecule has 3 aliphatic rings. The molecule has 2 unspecified atom stereocenters. The van der Waals surface area contributed by atoms with Gasteiger partial charge in [-0.2, -0.15) is 0 Å². The molecule has 0 bridgehead atoms. The highest BCUT2D eigenvalue weighted by Crippen LogP contribution is 2.50. The van der Waals surface area contributed by atoms with Crippen LogP contribution in [0.5, 0.6) is 0 Å². The second-order valence-electron chi connectivity index (χ2n) is 7.79. The zero-order valence-electron chi connectivity index (χ0n) is 14.5. The number of aliphatic hydroxyl groups is 1. The molecule has 22 heavy (non-hydrogen) atoms. The molecule has 3 fully saturated rings. The van der Waals surface area contributed by atoms with Crippen LogP contribution in [0, 0.1) is 11.3 Å². The lowest BCUT2D eigenvalue weighted by Gasteiger charge is -2.56. The van der Waals surface area contributed by atoms with E-state index in [2.05, 4.69) is 23.6 Å². The smallest absolute Gasteiger partial charge is 0.0681 e. The molecule has 4 heteroatoms. The Kier molecular flexibility index (Phi) is 5.43. The fourth-order valence-corrected chi connectivity index (χ4v) is 4.58. The van der Waals surface area contributed by atoms with Gasteiger partial charge in [0.1, 0.15) is 0 Å². The zero-order chi connectivity index (χ0) is 15.6. The fraction of sp³-hybridized carbons (Fsp3) is 1.00. The normalized spacial score (nSPS) is 34.0. The van der Waals surface area contributed by atoms with E-state index < -0.39 is 0 Å². The SMILES string of the molecule is CCOC1CC(O)C12CCN(CCN1CCC(C)CC1)CC2. The van der Waals surface area contributed by atoms with Gasteiger partial charge in [0.15, 0.2) is 0 Å². The molecule has 0 radical (unpaired) electrons. The van der Waals surface area contributed by atoms with E-state index in [4.69, 9.17) is 4.74 Å². The summed E-state index contributed by atoms with van der Waals surface area (Å²) in [6.45, 7) is 12.4. The third-order valence-corrected chi connectivity index (χ3v) is 6.51. The highest BCUT2D eigenvalue weighted by Gasteiger charge is 2.55. The Balaban J connectivity index is 1.40. The van der Waals surface area contributed by atoms with Gasteiger partial charge in [-0.05, 0) is 64.7 Å². The Hall–Kier alpha value is -0.160. The monoisotopic (exact) mass is 310 g/mol. The molecule has 0 aromatic rings. The zero-order valence-corrected chi connectivity index (χ0v) is 14.5. The number of ether oxygens (including phenoxy) is 1. The van der Waals surface area contributed by atoms with E-state index in [1.165, 1.54) is 39.0 Å². The summed E-state index contributed by atoms with van der Waals surface area (Å²) >= 11 is 0. The predicted molar refractivity (Wildman–Crippen MR) is 89.0 cm³/mol. The van der Waals surface area contributed by atoms with E-state index in [1.807, 2.05) is 0 Å². The molecule has 2 heterocycles. The number of piperidine rings is 2. The van der Waals surface area contributed by atoms with Crippen LogP contribution in [0.2, 0.25) is 0 Å². The van der Waals surface area contributed by atoms with Crippen LogP contribution >= 0.6 is 0 Å². The second-order valence-corrected chi connectivity index (χ2v) is 7.79. The van der Waals surface area contributed by atoms with Crippen molar-refractivity contribution in [3.05, 3.63) is 0 Å². The third-order valence-electron chi connectivity index (χ3n) is 6.51. The molecule has 1 saturated carbocycles. The van der Waals surface area contributed by atoms with Gasteiger partial charge in [0.05, 0.1) is 12.2 Å². The van der Waals surface area contributed by atoms with Gasteiger partial charge in [-0.3, -0.25) is 0 Å². The largest absolute Gasteiger partial charge is 0.392 e. The van der Waals surface area contributed by atoms with Crippen LogP contribution in [0.3, 0.4) is 0 Å². The van der Waals surface area contributed by atoms with Crippen molar-refractivity contribution in [2.45, 2.75) is 58.2 Å². The minimum atomic E-state index is -0.130. The molecule has 1 N–H and O–H groups in total. The van der Waals surface area contributed by atoms with E-state index in [1.54, 1.807) is 0 Å². The molecule has 1 spiro atoms. The lowest BCUT2D eigenvalue weighted by atomic mass is 9.58. The second kappa shape index (κ2) is 7.16. The van der Waals surface area contributed by atoms with Gasteiger partial charge in [0.25, 0.3) is 0 Å². The highest BCUT2D eigenvalue weighted by atomic mass is 16.5. The number of aliphatic hydroxyl groups excluding tert-OH is 1. The van der Waals surface area contributed by atoms with E-state index >= 15 is 0 Å². The first-order valence-electron chi connectivity index (χ1n) is 9.38. The van der Waals surface area contributed by atoms with Gasteiger partial charge in [-0.25, -0.2) is 0 Å². The van der Waals surface area contributed by atoms with Crippen molar-refractivity contribution in [3.8, 4) is 0 Å². The minimum Gasteiger partial charge on any atom is -0.392 e. The summed E-state index contributed by atoms with van der Waals surface area (Å²) in [5.41, 5.74) is 0.0765. The lowest BCUT2D eigenvalue weighted by molar-refractivity contribution is -0.209. The Morgan fingerprint density at radius 1 is 1.05 bits per heavy atom. The first-order valence-corrected chi connectivity index (χ1v) is 9.38. The maximum atomic E-state index is 10.3. The van der Waals surface area contributed by atoms with Gasteiger partial charge in [-0.15, -0.1) is 0 Å². The van der Waals surface area contributed by atoms with Crippen LogP contribution in [0.1, 0.15) is 46.0 Å². The standard InChI is InChI=1S/C18H34N2O2/c1-3-22-17-14-16(21)18(17)6-10-20(11-7-18)13-12-19-8-4-15(2)5-9-19/h15-17,21H,3-14H2,1-2H3. The van der Waals surface area contributed by atoms with Crippen LogP contribution in [-0.2, 0) is 4.74 Å². The fourth-order valence-electron chi connectivity index (χ4n) is 4.58. The maximum absolute atomic E-state index is 10.3. The number of rotatable bonds is 5. The number of hydrogen-bond acceptors (Lipinski definition) is 4. The van der Waals surface area contributed by atoms with Gasteiger partial charge in [0, 0.05) is 31.5 Å². The molecule has 0 aromatic heterocycles. The Labute approximate surface area is 135 Å². The quantitative estimate of drug-likeness (QED) is 0.842. The predicted octanol–water partition coefficient (Wildman–Crippen LogP) is 1.97. The maximum Gasteiger partial charge on any atom is 0.0681 e. The van der Waals surface area contributed by atoms with Crippen molar-refractivity contribution in [3.63, 3.8) is 0 Å². The average Bonchev–Trinajstić information content (AvgIpc) is 2.55. The molecular weight excluding hydrogens is 276 g/mol. The lowest BCUT2D eigenvalue weighted by Crippen LogP contribution is -2.62. The summed E-state index contributed by atoms with van der Waals surface area (Å²) in [4.78, 5) is 5.23. The molecule has 0 amide bonds. The molecule has 4 nitrogen and oxygen atoms in total. The molecule has 2 aliphatic heterocycles. The molecule has 1 aliphatic carbocycles. The minimum absolute atomic E-state index is 0.0765. The molecule has 128 valence electrons. The Bertz CT molecular complexity index is 345. The molecule has 2 atom stereocenters. The van der Waals surface area contributed by atoms with Crippen molar-refractivity contribution < 1.29 is 9.84 Å². The van der Waals surface area contributed by atoms with Crippen LogP contribution in [0.15, 0.2) is 0 Å². The summed E-state index contributed by atoms with van der Waals surface area (Å²) in [6, 6.07) is 0. The van der Waals surface area contributed by atoms with Crippen molar-refractivity contribution >= 4 is 0 Å². The van der Waals surface area contributed by atoms with Crippen LogP contribution in [0.4, 0.5) is 0 Å². The van der Waals surface area contributed by atoms with Gasteiger partial charge < -0.3 is 19.6 Å². The van der Waals surface area contributed by atoms with Gasteiger partial charge in [-0.1, -0.05) is 6.92 Å². The third kappa shape index (κ3) is 3.35. The van der Waals surface area contributed by atoms with Gasteiger partial charge >= 0.3 is 0 Å². The molecule has 0 aromatic carbocycles. The van der Waals surface area contributed by atoms with Gasteiger partial charge in [0.2, 0.25) is 0 Å². The van der Waals surface area contributed by atoms with Crippen molar-refractivity contribution in [2.75, 3.05) is 45.9 Å². The Morgan fingerprint density at radius 2 is 1.64 bits per heavy atom. The van der Waals surface area contributed by atoms with Crippen LogP contribution < -0.4 is 0 Å². The number of hydrogen-bond donors (Lipinski definition) is 1. The average molecular weight is 310 g/mol. The first-order chi connectivity index (χ1) is 10.6. The van der Waals surface area contributed by atoms with Crippen molar-refractivity contribution in [2.24, 2.45) is 11.3 Å². The summed E-state index contributed by atoms with van der Waals surface area (Å²) in [5, 5.41) is 10.3. The van der Waals surface area contributed by atoms with Crippen LogP contribution in [0.25, 0.3) is 0 Å².